The van der Waals surface area contributed by atoms with Gasteiger partial charge in [-0.2, -0.15) is 5.26 Å². The normalized spacial score (nSPS) is 11.6. The Labute approximate surface area is 162 Å². The summed E-state index contributed by atoms with van der Waals surface area (Å²) in [5, 5.41) is 12.4. The van der Waals surface area contributed by atoms with Gasteiger partial charge in [0, 0.05) is 12.2 Å². The van der Waals surface area contributed by atoms with E-state index in [0.717, 1.165) is 0 Å². The second-order valence-electron chi connectivity index (χ2n) is 6.30. The van der Waals surface area contributed by atoms with E-state index in [9.17, 15) is 9.59 Å². The largest absolute Gasteiger partial charge is 0.322 e. The number of rotatable bonds is 5. The number of aromatic nitrogens is 2. The highest BCUT2D eigenvalue weighted by molar-refractivity contribution is 5.89. The summed E-state index contributed by atoms with van der Waals surface area (Å²) in [4.78, 5) is 34.3. The van der Waals surface area contributed by atoms with Crippen LogP contribution in [-0.2, 0) is 0 Å². The van der Waals surface area contributed by atoms with Gasteiger partial charge in [0.15, 0.2) is 0 Å². The van der Waals surface area contributed by atoms with Gasteiger partial charge in [0.25, 0.3) is 5.56 Å². The van der Waals surface area contributed by atoms with Crippen LogP contribution in [0, 0.1) is 11.3 Å². The van der Waals surface area contributed by atoms with E-state index in [1.807, 2.05) is 19.9 Å². The number of nitriles is 1. The Kier molecular flexibility index (Phi) is 5.70. The number of urea groups is 1. The molecule has 28 heavy (non-hydrogen) atoms. The number of anilines is 1. The minimum atomic E-state index is -0.388. The van der Waals surface area contributed by atoms with Crippen LogP contribution >= 0.6 is 0 Å². The monoisotopic (exact) mass is 375 g/mol. The molecule has 2 N–H and O–H groups in total. The molecule has 0 bridgehead atoms. The molecule has 0 saturated heterocycles. The average molecular weight is 375 g/mol. The number of nitrogens with zero attached hydrogens (tertiary/aromatic N) is 3. The number of amides is 2. The van der Waals surface area contributed by atoms with Crippen LogP contribution in [0.3, 0.4) is 0 Å². The molecular formula is C21H21N5O2. The molecule has 0 aliphatic carbocycles. The van der Waals surface area contributed by atoms with E-state index < -0.39 is 0 Å². The van der Waals surface area contributed by atoms with Gasteiger partial charge in [0.2, 0.25) is 0 Å². The van der Waals surface area contributed by atoms with Crippen LogP contribution < -0.4 is 10.9 Å². The summed E-state index contributed by atoms with van der Waals surface area (Å²) in [5.74, 6) is 0.453. The lowest BCUT2D eigenvalue weighted by atomic mass is 10.1. The quantitative estimate of drug-likeness (QED) is 0.708. The molecule has 0 aliphatic heterocycles. The number of hydrogen-bond donors (Lipinski definition) is 2. The van der Waals surface area contributed by atoms with Crippen LogP contribution in [0.2, 0.25) is 0 Å². The molecule has 1 atom stereocenters. The van der Waals surface area contributed by atoms with Gasteiger partial charge in [-0.05, 0) is 43.7 Å². The molecule has 0 saturated carbocycles. The zero-order chi connectivity index (χ0) is 20.1. The molecule has 142 valence electrons. The van der Waals surface area contributed by atoms with Crippen molar-refractivity contribution in [2.45, 2.75) is 26.3 Å². The maximum Gasteiger partial charge on any atom is 0.322 e. The van der Waals surface area contributed by atoms with Crippen molar-refractivity contribution in [2.24, 2.45) is 0 Å². The molecule has 7 nitrogen and oxygen atoms in total. The van der Waals surface area contributed by atoms with Crippen LogP contribution in [0.1, 0.15) is 37.7 Å². The maximum absolute atomic E-state index is 12.9. The van der Waals surface area contributed by atoms with Crippen molar-refractivity contribution < 1.29 is 4.79 Å². The summed E-state index contributed by atoms with van der Waals surface area (Å²) < 4.78 is 0. The number of hydrogen-bond acceptors (Lipinski definition) is 4. The molecule has 0 spiro atoms. The van der Waals surface area contributed by atoms with Crippen LogP contribution in [0.5, 0.6) is 0 Å². The zero-order valence-electron chi connectivity index (χ0n) is 15.8. The van der Waals surface area contributed by atoms with Crippen molar-refractivity contribution in [2.75, 3.05) is 11.9 Å². The van der Waals surface area contributed by atoms with Crippen LogP contribution in [-0.4, -0.2) is 27.4 Å². The zero-order valence-corrected chi connectivity index (χ0v) is 15.8. The van der Waals surface area contributed by atoms with Gasteiger partial charge < -0.3 is 15.2 Å². The molecule has 2 aromatic carbocycles. The summed E-state index contributed by atoms with van der Waals surface area (Å²) in [6.07, 6.45) is 0.584. The first-order valence-corrected chi connectivity index (χ1v) is 9.14. The van der Waals surface area contributed by atoms with Crippen molar-refractivity contribution in [3.63, 3.8) is 0 Å². The minimum Gasteiger partial charge on any atom is -0.315 e. The fraction of sp³-hybridized carbons (Fsp3) is 0.238. The Hall–Kier alpha value is -3.66. The third-order valence-electron chi connectivity index (χ3n) is 4.55. The number of nitrogens with one attached hydrogen (secondary N) is 2. The van der Waals surface area contributed by atoms with E-state index in [-0.39, 0.29) is 17.6 Å². The van der Waals surface area contributed by atoms with Gasteiger partial charge in [0.05, 0.1) is 28.6 Å². The fourth-order valence-electron chi connectivity index (χ4n) is 3.19. The number of carbonyl (C=O) groups is 1. The first-order valence-electron chi connectivity index (χ1n) is 9.14. The van der Waals surface area contributed by atoms with E-state index in [4.69, 9.17) is 5.26 Å². The van der Waals surface area contributed by atoms with Gasteiger partial charge in [-0.3, -0.25) is 4.79 Å². The van der Waals surface area contributed by atoms with Crippen molar-refractivity contribution in [1.82, 2.24) is 14.9 Å². The van der Waals surface area contributed by atoms with Crippen molar-refractivity contribution in [3.8, 4) is 6.07 Å². The molecule has 1 aromatic heterocycles. The molecule has 0 radical (unpaired) electrons. The molecule has 0 aliphatic rings. The molecule has 1 heterocycles. The first-order chi connectivity index (χ1) is 13.6. The van der Waals surface area contributed by atoms with Gasteiger partial charge in [0.1, 0.15) is 5.82 Å². The number of aromatic amines is 1. The van der Waals surface area contributed by atoms with Gasteiger partial charge in [-0.25, -0.2) is 9.78 Å². The van der Waals surface area contributed by atoms with Gasteiger partial charge in [-0.1, -0.05) is 25.1 Å². The van der Waals surface area contributed by atoms with E-state index in [2.05, 4.69) is 21.4 Å². The lowest BCUT2D eigenvalue weighted by Crippen LogP contribution is -2.39. The topological polar surface area (TPSA) is 102 Å². The number of fused-ring (bicyclic) bond motifs is 1. The summed E-state index contributed by atoms with van der Waals surface area (Å²) in [7, 11) is 0. The lowest BCUT2D eigenvalue weighted by molar-refractivity contribution is 0.186. The number of H-pyrrole nitrogens is 1. The molecule has 7 heteroatoms. The van der Waals surface area contributed by atoms with Crippen LogP contribution in [0.25, 0.3) is 10.9 Å². The second kappa shape index (κ2) is 8.35. The van der Waals surface area contributed by atoms with Crippen molar-refractivity contribution in [3.05, 3.63) is 70.3 Å². The van der Waals surface area contributed by atoms with Crippen LogP contribution in [0.4, 0.5) is 10.5 Å². The first kappa shape index (κ1) is 19.1. The second-order valence-corrected chi connectivity index (χ2v) is 6.30. The molecular weight excluding hydrogens is 354 g/mol. The lowest BCUT2D eigenvalue weighted by Gasteiger charge is -2.29. The fourth-order valence-corrected chi connectivity index (χ4v) is 3.19. The maximum atomic E-state index is 12.9. The van der Waals surface area contributed by atoms with Crippen LogP contribution in [0.15, 0.2) is 53.3 Å². The Bertz CT molecular complexity index is 1100. The van der Waals surface area contributed by atoms with Gasteiger partial charge >= 0.3 is 6.03 Å². The highest BCUT2D eigenvalue weighted by atomic mass is 16.2. The molecule has 0 unspecified atom stereocenters. The Morgan fingerprint density at radius 3 is 2.75 bits per heavy atom. The Morgan fingerprint density at radius 1 is 1.25 bits per heavy atom. The van der Waals surface area contributed by atoms with Crippen molar-refractivity contribution >= 4 is 22.6 Å². The van der Waals surface area contributed by atoms with E-state index in [1.165, 1.54) is 0 Å². The van der Waals surface area contributed by atoms with E-state index >= 15 is 0 Å². The molecule has 3 rings (SSSR count). The average Bonchev–Trinajstić information content (AvgIpc) is 2.71. The SMILES string of the molecule is CC[C@@H](c1nc2ccccc2c(=O)[nH]1)N(CC)C(=O)Nc1cccc(C#N)c1. The summed E-state index contributed by atoms with van der Waals surface area (Å²) >= 11 is 0. The summed E-state index contributed by atoms with van der Waals surface area (Å²) in [6.45, 7) is 4.23. The summed E-state index contributed by atoms with van der Waals surface area (Å²) in [5.41, 5.74) is 1.38. The standard InChI is InChI=1S/C21H21N5O2/c1-3-18(19-24-17-11-6-5-10-16(17)20(27)25-19)26(4-2)21(28)23-15-9-7-8-14(12-15)13-22/h5-12,18H,3-4H2,1-2H3,(H,23,28)(H,24,25,27)/t18-/m0/s1. The molecule has 0 fully saturated rings. The number of para-hydroxylation sites is 1. The third kappa shape index (κ3) is 3.86. The van der Waals surface area contributed by atoms with Gasteiger partial charge in [-0.15, -0.1) is 0 Å². The Morgan fingerprint density at radius 2 is 2.04 bits per heavy atom. The number of benzene rings is 2. The third-order valence-corrected chi connectivity index (χ3v) is 4.55. The predicted molar refractivity (Wildman–Crippen MR) is 108 cm³/mol. The predicted octanol–water partition coefficient (Wildman–Crippen LogP) is 3.80. The van der Waals surface area contributed by atoms with E-state index in [0.29, 0.717) is 40.9 Å². The van der Waals surface area contributed by atoms with Crippen molar-refractivity contribution in [1.29, 1.82) is 5.26 Å². The van der Waals surface area contributed by atoms with E-state index in [1.54, 1.807) is 47.4 Å². The smallest absolute Gasteiger partial charge is 0.315 e. The molecule has 3 aromatic rings. The minimum absolute atomic E-state index is 0.225. The highest BCUT2D eigenvalue weighted by Crippen LogP contribution is 2.23. The Balaban J connectivity index is 1.92. The molecule has 2 amide bonds. The number of carbonyl (C=O) groups excluding carboxylic acids is 1. The summed E-state index contributed by atoms with van der Waals surface area (Å²) in [6, 6.07) is 15.2. The highest BCUT2D eigenvalue weighted by Gasteiger charge is 2.25.